The summed E-state index contributed by atoms with van der Waals surface area (Å²) in [6, 6.07) is 3.15. The van der Waals surface area contributed by atoms with E-state index in [9.17, 15) is 18.3 Å². The fourth-order valence-electron chi connectivity index (χ4n) is 3.58. The van der Waals surface area contributed by atoms with Gasteiger partial charge in [-0.25, -0.2) is 13.2 Å². The zero-order valence-corrected chi connectivity index (χ0v) is 19.0. The van der Waals surface area contributed by atoms with Crippen LogP contribution in [0, 0.1) is 11.6 Å². The van der Waals surface area contributed by atoms with E-state index in [0.717, 1.165) is 6.08 Å². The maximum Gasteiger partial charge on any atom is 0.166 e. The second-order valence-electron chi connectivity index (χ2n) is 8.01. The minimum Gasteiger partial charge on any atom is -0.494 e. The predicted molar refractivity (Wildman–Crippen MR) is 129 cm³/mol. The van der Waals surface area contributed by atoms with Gasteiger partial charge in [-0.05, 0) is 55.2 Å². The highest BCUT2D eigenvalue weighted by molar-refractivity contribution is 5.57. The van der Waals surface area contributed by atoms with Gasteiger partial charge in [0, 0.05) is 17.2 Å². The van der Waals surface area contributed by atoms with Gasteiger partial charge in [-0.1, -0.05) is 62.8 Å². The molecule has 0 spiro atoms. The third kappa shape index (κ3) is 7.50. The van der Waals surface area contributed by atoms with Crippen LogP contribution in [0.15, 0.2) is 91.1 Å². The van der Waals surface area contributed by atoms with Gasteiger partial charge < -0.3 is 9.84 Å². The normalized spacial score (nSPS) is 19.1. The second-order valence-corrected chi connectivity index (χ2v) is 8.01. The van der Waals surface area contributed by atoms with E-state index in [1.807, 2.05) is 0 Å². The van der Waals surface area contributed by atoms with Crippen LogP contribution in [-0.4, -0.2) is 17.8 Å². The molecule has 1 aliphatic rings. The van der Waals surface area contributed by atoms with Crippen molar-refractivity contribution in [2.75, 3.05) is 6.61 Å². The molecule has 2 rings (SSSR count). The average molecular weight is 457 g/mol. The molecule has 176 valence electrons. The minimum absolute atomic E-state index is 0.0721. The fraction of sp³-hybridized carbons (Fsp3) is 0.286. The van der Waals surface area contributed by atoms with E-state index in [0.29, 0.717) is 49.0 Å². The Kier molecular flexibility index (Phi) is 9.74. The second kappa shape index (κ2) is 12.3. The van der Waals surface area contributed by atoms with E-state index in [1.165, 1.54) is 18.2 Å². The Bertz CT molecular complexity index is 1010. The molecule has 0 saturated heterocycles. The lowest BCUT2D eigenvalue weighted by Gasteiger charge is -2.26. The standard InChI is InChI=1S/C28H31F3O2/c1-6-33-20(4)17-26(29)21(5)19(3)9-7-18(2)8-10-23-13-16-25(28(31)27(23)30)22-11-14-24(32)15-12-22/h7-10,13,16-17,22,24,32H,2-6,11-12,14-15H2,1H3/b9-7-,10-8+,26-17+. The van der Waals surface area contributed by atoms with Gasteiger partial charge in [0.2, 0.25) is 0 Å². The molecule has 33 heavy (non-hydrogen) atoms. The van der Waals surface area contributed by atoms with E-state index < -0.39 is 17.5 Å². The van der Waals surface area contributed by atoms with Gasteiger partial charge in [-0.15, -0.1) is 0 Å². The molecule has 0 aliphatic heterocycles. The number of allylic oxidation sites excluding steroid dienone is 8. The van der Waals surface area contributed by atoms with Crippen molar-refractivity contribution in [3.63, 3.8) is 0 Å². The van der Waals surface area contributed by atoms with Crippen LogP contribution >= 0.6 is 0 Å². The maximum atomic E-state index is 14.6. The van der Waals surface area contributed by atoms with Crippen molar-refractivity contribution in [2.24, 2.45) is 0 Å². The van der Waals surface area contributed by atoms with E-state index in [-0.39, 0.29) is 28.9 Å². The van der Waals surface area contributed by atoms with Gasteiger partial charge in [-0.3, -0.25) is 0 Å². The van der Waals surface area contributed by atoms with Crippen LogP contribution < -0.4 is 0 Å². The topological polar surface area (TPSA) is 29.5 Å². The predicted octanol–water partition coefficient (Wildman–Crippen LogP) is 7.62. The molecule has 1 aromatic carbocycles. The van der Waals surface area contributed by atoms with Crippen molar-refractivity contribution in [1.82, 2.24) is 0 Å². The number of benzene rings is 1. The molecule has 0 bridgehead atoms. The first-order valence-corrected chi connectivity index (χ1v) is 10.9. The van der Waals surface area contributed by atoms with Crippen molar-refractivity contribution in [3.8, 4) is 0 Å². The van der Waals surface area contributed by atoms with Gasteiger partial charge in [0.25, 0.3) is 0 Å². The Morgan fingerprint density at radius 2 is 1.70 bits per heavy atom. The highest BCUT2D eigenvalue weighted by Gasteiger charge is 2.25. The van der Waals surface area contributed by atoms with E-state index in [1.54, 1.807) is 25.1 Å². The fourth-order valence-corrected chi connectivity index (χ4v) is 3.58. The summed E-state index contributed by atoms with van der Waals surface area (Å²) in [5, 5.41) is 9.62. The highest BCUT2D eigenvalue weighted by Crippen LogP contribution is 2.35. The summed E-state index contributed by atoms with van der Waals surface area (Å²) in [5.74, 6) is -2.28. The minimum atomic E-state index is -0.911. The van der Waals surface area contributed by atoms with E-state index >= 15 is 0 Å². The molecule has 0 amide bonds. The van der Waals surface area contributed by atoms with Crippen molar-refractivity contribution < 1.29 is 23.0 Å². The summed E-state index contributed by atoms with van der Waals surface area (Å²) in [5.41, 5.74) is 1.34. The molecule has 0 radical (unpaired) electrons. The molecule has 1 aromatic rings. The Morgan fingerprint density at radius 1 is 1.03 bits per heavy atom. The zero-order chi connectivity index (χ0) is 24.5. The number of rotatable bonds is 10. The number of aliphatic hydroxyl groups is 1. The van der Waals surface area contributed by atoms with Crippen molar-refractivity contribution in [2.45, 2.75) is 44.6 Å². The summed E-state index contributed by atoms with van der Waals surface area (Å²) in [6.07, 6.45) is 9.32. The number of ether oxygens (including phenoxy) is 1. The van der Waals surface area contributed by atoms with Crippen LogP contribution in [0.2, 0.25) is 0 Å². The van der Waals surface area contributed by atoms with Gasteiger partial charge in [-0.2, -0.15) is 0 Å². The van der Waals surface area contributed by atoms with Crippen LogP contribution in [0.4, 0.5) is 13.2 Å². The molecular formula is C28H31F3O2. The van der Waals surface area contributed by atoms with Crippen molar-refractivity contribution in [1.29, 1.82) is 0 Å². The quantitative estimate of drug-likeness (QED) is 0.290. The average Bonchev–Trinajstić information content (AvgIpc) is 2.78. The summed E-state index contributed by atoms with van der Waals surface area (Å²) >= 11 is 0. The molecule has 0 heterocycles. The van der Waals surface area contributed by atoms with Gasteiger partial charge in [0.1, 0.15) is 11.6 Å². The summed E-state index contributed by atoms with van der Waals surface area (Å²) in [7, 11) is 0. The van der Waals surface area contributed by atoms with Gasteiger partial charge in [0.05, 0.1) is 12.7 Å². The molecule has 1 N–H and O–H groups in total. The monoisotopic (exact) mass is 456 g/mol. The zero-order valence-electron chi connectivity index (χ0n) is 19.0. The molecule has 0 aromatic heterocycles. The van der Waals surface area contributed by atoms with Crippen molar-refractivity contribution >= 4 is 6.08 Å². The van der Waals surface area contributed by atoms with Gasteiger partial charge in [0.15, 0.2) is 11.6 Å². The molecule has 0 atom stereocenters. The SMILES string of the molecule is C=C(/C=C\C(=C)C(=C)/C(F)=C\C(=C)OCC)/C=C/c1ccc(C2CCC(O)CC2)c(F)c1F. The number of hydrogen-bond donors (Lipinski definition) is 1. The number of hydrogen-bond acceptors (Lipinski definition) is 2. The molecule has 5 heteroatoms. The molecule has 2 nitrogen and oxygen atoms in total. The van der Waals surface area contributed by atoms with Gasteiger partial charge >= 0.3 is 0 Å². The van der Waals surface area contributed by atoms with E-state index in [4.69, 9.17) is 4.74 Å². The lowest BCUT2D eigenvalue weighted by Crippen LogP contribution is -2.18. The molecule has 1 fully saturated rings. The lowest BCUT2D eigenvalue weighted by atomic mass is 9.82. The largest absolute Gasteiger partial charge is 0.494 e. The first-order chi connectivity index (χ1) is 15.6. The summed E-state index contributed by atoms with van der Waals surface area (Å²) in [4.78, 5) is 0. The third-order valence-electron chi connectivity index (χ3n) is 5.55. The summed E-state index contributed by atoms with van der Waals surface area (Å²) in [6.45, 7) is 17.0. The molecule has 0 unspecified atom stereocenters. The van der Waals surface area contributed by atoms with Crippen molar-refractivity contribution in [3.05, 3.63) is 114 Å². The molecule has 1 saturated carbocycles. The number of halogens is 3. The Hall–Kier alpha value is -3.05. The summed E-state index contributed by atoms with van der Waals surface area (Å²) < 4.78 is 48.5. The van der Waals surface area contributed by atoms with Crippen LogP contribution in [0.3, 0.4) is 0 Å². The van der Waals surface area contributed by atoms with Crippen LogP contribution in [0.1, 0.15) is 49.7 Å². The molecular weight excluding hydrogens is 425 g/mol. The Balaban J connectivity index is 2.03. The van der Waals surface area contributed by atoms with E-state index in [2.05, 4.69) is 26.3 Å². The number of aliphatic hydroxyl groups excluding tert-OH is 1. The maximum absolute atomic E-state index is 14.6. The third-order valence-corrected chi connectivity index (χ3v) is 5.55. The Labute approximate surface area is 194 Å². The Morgan fingerprint density at radius 3 is 2.33 bits per heavy atom. The first-order valence-electron chi connectivity index (χ1n) is 10.9. The molecule has 1 aliphatic carbocycles. The van der Waals surface area contributed by atoms with Crippen LogP contribution in [-0.2, 0) is 4.74 Å². The van der Waals surface area contributed by atoms with Crippen LogP contribution in [0.5, 0.6) is 0 Å². The van der Waals surface area contributed by atoms with Crippen LogP contribution in [0.25, 0.3) is 6.08 Å². The highest BCUT2D eigenvalue weighted by atomic mass is 19.2. The lowest BCUT2D eigenvalue weighted by molar-refractivity contribution is 0.122. The first kappa shape index (κ1) is 26.2. The smallest absolute Gasteiger partial charge is 0.166 e.